The van der Waals surface area contributed by atoms with Gasteiger partial charge < -0.3 is 10.2 Å². The topological polar surface area (TPSA) is 61.4 Å². The Morgan fingerprint density at radius 1 is 1.04 bits per heavy atom. The Hall–Kier alpha value is -2.99. The monoisotopic (exact) mass is 373 g/mol. The van der Waals surface area contributed by atoms with Gasteiger partial charge in [-0.2, -0.15) is 0 Å². The summed E-state index contributed by atoms with van der Waals surface area (Å²) in [5, 5.41) is 5.34. The zero-order valence-corrected chi connectivity index (χ0v) is 15.7. The standard InChI is InChI=1S/C22H23N5O/c28-21-15-26(12-10-23-21)19-8-11-27(14-19)22-24-9-7-20(25-22)18-6-5-16-3-1-2-4-17(16)13-18/h1-7,9,13,19H,8,10-12,14-15H2,(H,23,28)/t19-/m0/s1. The van der Waals surface area contributed by atoms with E-state index < -0.39 is 0 Å². The first-order valence-corrected chi connectivity index (χ1v) is 9.84. The van der Waals surface area contributed by atoms with Crippen LogP contribution in [0.4, 0.5) is 5.95 Å². The lowest BCUT2D eigenvalue weighted by molar-refractivity contribution is -0.124. The van der Waals surface area contributed by atoms with E-state index in [1.807, 2.05) is 12.3 Å². The van der Waals surface area contributed by atoms with Crippen molar-refractivity contribution >= 4 is 22.6 Å². The Bertz CT molecular complexity index is 1020. The molecule has 0 saturated carbocycles. The largest absolute Gasteiger partial charge is 0.354 e. The van der Waals surface area contributed by atoms with Crippen LogP contribution in [0.25, 0.3) is 22.0 Å². The molecule has 3 aromatic rings. The number of piperazine rings is 1. The van der Waals surface area contributed by atoms with Gasteiger partial charge in [-0.15, -0.1) is 0 Å². The number of rotatable bonds is 3. The predicted octanol–water partition coefficient (Wildman–Crippen LogP) is 2.31. The van der Waals surface area contributed by atoms with E-state index in [0.717, 1.165) is 49.8 Å². The molecule has 0 aliphatic carbocycles. The highest BCUT2D eigenvalue weighted by molar-refractivity contribution is 5.86. The molecule has 2 aromatic carbocycles. The minimum atomic E-state index is 0.124. The molecule has 0 bridgehead atoms. The molecule has 6 heteroatoms. The van der Waals surface area contributed by atoms with Gasteiger partial charge in [-0.3, -0.25) is 9.69 Å². The number of carbonyl (C=O) groups excluding carboxylic acids is 1. The highest BCUT2D eigenvalue weighted by Crippen LogP contribution is 2.26. The normalized spacial score (nSPS) is 20.5. The summed E-state index contributed by atoms with van der Waals surface area (Å²) in [6.45, 7) is 3.94. The predicted molar refractivity (Wildman–Crippen MR) is 110 cm³/mol. The molecule has 2 aliphatic rings. The Kier molecular flexibility index (Phi) is 4.41. The number of hydrogen-bond acceptors (Lipinski definition) is 5. The molecule has 28 heavy (non-hydrogen) atoms. The molecule has 2 fully saturated rings. The highest BCUT2D eigenvalue weighted by atomic mass is 16.2. The third-order valence-electron chi connectivity index (χ3n) is 5.72. The van der Waals surface area contributed by atoms with Crippen LogP contribution in [0.15, 0.2) is 54.7 Å². The van der Waals surface area contributed by atoms with Crippen LogP contribution < -0.4 is 10.2 Å². The number of carbonyl (C=O) groups is 1. The second-order valence-electron chi connectivity index (χ2n) is 7.51. The van der Waals surface area contributed by atoms with Crippen LogP contribution in [0.1, 0.15) is 6.42 Å². The van der Waals surface area contributed by atoms with Crippen molar-refractivity contribution < 1.29 is 4.79 Å². The van der Waals surface area contributed by atoms with E-state index in [1.54, 1.807) is 0 Å². The maximum absolute atomic E-state index is 11.7. The van der Waals surface area contributed by atoms with E-state index >= 15 is 0 Å². The molecule has 2 saturated heterocycles. The van der Waals surface area contributed by atoms with Crippen molar-refractivity contribution in [3.8, 4) is 11.3 Å². The fourth-order valence-corrected chi connectivity index (χ4v) is 4.20. The van der Waals surface area contributed by atoms with Crippen LogP contribution in [0.2, 0.25) is 0 Å². The van der Waals surface area contributed by atoms with E-state index in [0.29, 0.717) is 12.6 Å². The summed E-state index contributed by atoms with van der Waals surface area (Å²) >= 11 is 0. The number of benzene rings is 2. The van der Waals surface area contributed by atoms with Crippen molar-refractivity contribution in [3.63, 3.8) is 0 Å². The molecule has 2 aliphatic heterocycles. The summed E-state index contributed by atoms with van der Waals surface area (Å²) < 4.78 is 0. The van der Waals surface area contributed by atoms with Crippen LogP contribution in [0.5, 0.6) is 0 Å². The summed E-state index contributed by atoms with van der Waals surface area (Å²) in [5.74, 6) is 0.897. The number of nitrogens with one attached hydrogen (secondary N) is 1. The van der Waals surface area contributed by atoms with Gasteiger partial charge in [0.15, 0.2) is 0 Å². The molecule has 142 valence electrons. The summed E-state index contributed by atoms with van der Waals surface area (Å²) in [6.07, 6.45) is 2.88. The van der Waals surface area contributed by atoms with Crippen LogP contribution >= 0.6 is 0 Å². The summed E-state index contributed by atoms with van der Waals surface area (Å²) in [5.41, 5.74) is 2.04. The lowest BCUT2D eigenvalue weighted by Crippen LogP contribution is -2.52. The lowest BCUT2D eigenvalue weighted by Gasteiger charge is -2.31. The van der Waals surface area contributed by atoms with E-state index in [-0.39, 0.29) is 5.91 Å². The molecule has 6 nitrogen and oxygen atoms in total. The SMILES string of the molecule is O=C1CN([C@H]2CCN(c3nccc(-c4ccc5ccccc5c4)n3)C2)CCN1. The number of nitrogens with zero attached hydrogens (tertiary/aromatic N) is 4. The number of aromatic nitrogens is 2. The molecule has 0 spiro atoms. The fraction of sp³-hybridized carbons (Fsp3) is 0.318. The van der Waals surface area contributed by atoms with Crippen molar-refractivity contribution in [2.24, 2.45) is 0 Å². The quantitative estimate of drug-likeness (QED) is 0.763. The van der Waals surface area contributed by atoms with Gasteiger partial charge in [0.2, 0.25) is 11.9 Å². The van der Waals surface area contributed by atoms with Crippen molar-refractivity contribution in [1.82, 2.24) is 20.2 Å². The Morgan fingerprint density at radius 2 is 1.93 bits per heavy atom. The average Bonchev–Trinajstić information content (AvgIpc) is 3.24. The second-order valence-corrected chi connectivity index (χ2v) is 7.51. The number of amides is 1. The molecular formula is C22H23N5O. The molecule has 1 N–H and O–H groups in total. The zero-order chi connectivity index (χ0) is 18.9. The molecular weight excluding hydrogens is 350 g/mol. The number of fused-ring (bicyclic) bond motifs is 1. The minimum Gasteiger partial charge on any atom is -0.354 e. The maximum Gasteiger partial charge on any atom is 0.234 e. The van der Waals surface area contributed by atoms with Gasteiger partial charge >= 0.3 is 0 Å². The molecule has 1 aromatic heterocycles. The van der Waals surface area contributed by atoms with Gasteiger partial charge in [-0.1, -0.05) is 36.4 Å². The van der Waals surface area contributed by atoms with E-state index in [4.69, 9.17) is 4.98 Å². The van der Waals surface area contributed by atoms with Crippen LogP contribution in [0, 0.1) is 0 Å². The van der Waals surface area contributed by atoms with Crippen LogP contribution in [0.3, 0.4) is 0 Å². The van der Waals surface area contributed by atoms with Crippen molar-refractivity contribution in [1.29, 1.82) is 0 Å². The second kappa shape index (κ2) is 7.20. The Balaban J connectivity index is 1.36. The van der Waals surface area contributed by atoms with Gasteiger partial charge in [-0.25, -0.2) is 9.97 Å². The first-order chi connectivity index (χ1) is 13.8. The molecule has 1 atom stereocenters. The van der Waals surface area contributed by atoms with Gasteiger partial charge in [0, 0.05) is 44.0 Å². The highest BCUT2D eigenvalue weighted by Gasteiger charge is 2.31. The molecule has 3 heterocycles. The molecule has 5 rings (SSSR count). The van der Waals surface area contributed by atoms with E-state index in [2.05, 4.69) is 62.6 Å². The molecule has 0 unspecified atom stereocenters. The van der Waals surface area contributed by atoms with E-state index in [1.165, 1.54) is 10.8 Å². The smallest absolute Gasteiger partial charge is 0.234 e. The number of anilines is 1. The average molecular weight is 373 g/mol. The number of hydrogen-bond donors (Lipinski definition) is 1. The Morgan fingerprint density at radius 3 is 2.82 bits per heavy atom. The summed E-state index contributed by atoms with van der Waals surface area (Å²) in [6, 6.07) is 17.2. The van der Waals surface area contributed by atoms with Crippen LogP contribution in [-0.2, 0) is 4.79 Å². The Labute approximate surface area is 164 Å². The van der Waals surface area contributed by atoms with Crippen molar-refractivity contribution in [2.75, 3.05) is 37.6 Å². The fourth-order valence-electron chi connectivity index (χ4n) is 4.20. The van der Waals surface area contributed by atoms with Gasteiger partial charge in [-0.05, 0) is 29.3 Å². The third kappa shape index (κ3) is 3.31. The first-order valence-electron chi connectivity index (χ1n) is 9.84. The summed E-state index contributed by atoms with van der Waals surface area (Å²) in [7, 11) is 0. The van der Waals surface area contributed by atoms with Gasteiger partial charge in [0.1, 0.15) is 0 Å². The zero-order valence-electron chi connectivity index (χ0n) is 15.7. The maximum atomic E-state index is 11.7. The summed E-state index contributed by atoms with van der Waals surface area (Å²) in [4.78, 5) is 25.6. The molecule has 0 radical (unpaired) electrons. The molecule has 1 amide bonds. The van der Waals surface area contributed by atoms with Crippen molar-refractivity contribution in [2.45, 2.75) is 12.5 Å². The van der Waals surface area contributed by atoms with Crippen LogP contribution in [-0.4, -0.2) is 59.5 Å². The lowest BCUT2D eigenvalue weighted by atomic mass is 10.1. The third-order valence-corrected chi connectivity index (χ3v) is 5.72. The van der Waals surface area contributed by atoms with Crippen molar-refractivity contribution in [3.05, 3.63) is 54.7 Å². The van der Waals surface area contributed by atoms with Gasteiger partial charge in [0.25, 0.3) is 0 Å². The van der Waals surface area contributed by atoms with Gasteiger partial charge in [0.05, 0.1) is 12.2 Å². The van der Waals surface area contributed by atoms with E-state index in [9.17, 15) is 4.79 Å². The first kappa shape index (κ1) is 17.1. The minimum absolute atomic E-state index is 0.124.